The van der Waals surface area contributed by atoms with E-state index in [4.69, 9.17) is 11.6 Å². The highest BCUT2D eigenvalue weighted by Crippen LogP contribution is 2.21. The molecule has 2 aromatic carbocycles. The second-order valence-corrected chi connectivity index (χ2v) is 5.42. The van der Waals surface area contributed by atoms with E-state index in [0.29, 0.717) is 17.0 Å². The minimum absolute atomic E-state index is 0.0730. The maximum Gasteiger partial charge on any atom is 0.167 e. The average Bonchev–Trinajstić information content (AvgIpc) is 2.35. The third-order valence-electron chi connectivity index (χ3n) is 2.80. The zero-order valence-electron chi connectivity index (χ0n) is 9.91. The van der Waals surface area contributed by atoms with Crippen molar-refractivity contribution in [3.63, 3.8) is 0 Å². The number of hydrogen-bond acceptors (Lipinski definition) is 1. The summed E-state index contributed by atoms with van der Waals surface area (Å²) in [7, 11) is 0. The first kappa shape index (κ1) is 13.3. The predicted molar refractivity (Wildman–Crippen MR) is 78.4 cm³/mol. The van der Waals surface area contributed by atoms with Gasteiger partial charge in [0, 0.05) is 21.5 Å². The molecule has 0 N–H and O–H groups in total. The highest BCUT2D eigenvalue weighted by Gasteiger charge is 2.10. The van der Waals surface area contributed by atoms with Gasteiger partial charge < -0.3 is 0 Å². The van der Waals surface area contributed by atoms with Crippen molar-refractivity contribution in [1.82, 2.24) is 0 Å². The molecule has 0 saturated heterocycles. The fraction of sp³-hybridized carbons (Fsp3) is 0.133. The molecule has 0 heterocycles. The van der Waals surface area contributed by atoms with Crippen LogP contribution in [0.2, 0.25) is 5.02 Å². The molecule has 0 radical (unpaired) electrons. The smallest absolute Gasteiger partial charge is 0.167 e. The van der Waals surface area contributed by atoms with E-state index in [-0.39, 0.29) is 5.78 Å². The van der Waals surface area contributed by atoms with Crippen molar-refractivity contribution in [3.05, 3.63) is 68.7 Å². The number of ketones is 1. The highest BCUT2D eigenvalue weighted by atomic mass is 79.9. The van der Waals surface area contributed by atoms with E-state index < -0.39 is 0 Å². The van der Waals surface area contributed by atoms with Gasteiger partial charge >= 0.3 is 0 Å². The molecule has 0 saturated carbocycles. The molecule has 0 aliphatic carbocycles. The quantitative estimate of drug-likeness (QED) is 0.739. The fourth-order valence-corrected chi connectivity index (χ4v) is 2.29. The molecule has 2 aromatic rings. The molecular weight excluding hydrogens is 312 g/mol. The monoisotopic (exact) mass is 322 g/mol. The summed E-state index contributed by atoms with van der Waals surface area (Å²) >= 11 is 9.48. The third kappa shape index (κ3) is 3.01. The number of carbonyl (C=O) groups is 1. The number of aryl methyl sites for hydroxylation is 1. The summed E-state index contributed by atoms with van der Waals surface area (Å²) in [6.07, 6.45) is 0.376. The summed E-state index contributed by atoms with van der Waals surface area (Å²) in [6.45, 7) is 1.92. The number of rotatable bonds is 3. The van der Waals surface area contributed by atoms with Crippen LogP contribution in [-0.4, -0.2) is 5.78 Å². The maximum atomic E-state index is 12.2. The first-order chi connectivity index (χ1) is 8.58. The Bertz CT molecular complexity index is 593. The summed E-state index contributed by atoms with van der Waals surface area (Å²) in [5, 5.41) is 0.632. The summed E-state index contributed by atoms with van der Waals surface area (Å²) in [6, 6.07) is 13.2. The summed E-state index contributed by atoms with van der Waals surface area (Å²) in [5.74, 6) is 0.0730. The molecule has 18 heavy (non-hydrogen) atoms. The predicted octanol–water partition coefficient (Wildman–Crippen LogP) is 4.84. The van der Waals surface area contributed by atoms with Crippen molar-refractivity contribution in [3.8, 4) is 0 Å². The minimum atomic E-state index is 0.0730. The zero-order valence-corrected chi connectivity index (χ0v) is 12.3. The van der Waals surface area contributed by atoms with Crippen molar-refractivity contribution in [2.24, 2.45) is 0 Å². The van der Waals surface area contributed by atoms with Gasteiger partial charge in [-0.25, -0.2) is 0 Å². The maximum absolute atomic E-state index is 12.2. The largest absolute Gasteiger partial charge is 0.294 e. The Hall–Kier alpha value is -1.12. The van der Waals surface area contributed by atoms with Gasteiger partial charge in [-0.05, 0) is 30.2 Å². The summed E-state index contributed by atoms with van der Waals surface area (Å²) < 4.78 is 0.955. The number of Topliss-reactive ketones (excluding diaryl/α,β-unsaturated/α-hetero) is 1. The van der Waals surface area contributed by atoms with Crippen LogP contribution in [0, 0.1) is 6.92 Å². The van der Waals surface area contributed by atoms with E-state index in [0.717, 1.165) is 15.6 Å². The van der Waals surface area contributed by atoms with Gasteiger partial charge in [-0.3, -0.25) is 4.79 Å². The summed E-state index contributed by atoms with van der Waals surface area (Å²) in [4.78, 5) is 12.2. The van der Waals surface area contributed by atoms with Crippen LogP contribution in [-0.2, 0) is 6.42 Å². The lowest BCUT2D eigenvalue weighted by Gasteiger charge is -2.05. The molecule has 0 spiro atoms. The molecular formula is C15H12BrClO. The molecule has 0 aliphatic heterocycles. The van der Waals surface area contributed by atoms with E-state index in [2.05, 4.69) is 15.9 Å². The number of hydrogen-bond donors (Lipinski definition) is 0. The highest BCUT2D eigenvalue weighted by molar-refractivity contribution is 9.10. The Kier molecular flexibility index (Phi) is 4.20. The Morgan fingerprint density at radius 3 is 2.61 bits per heavy atom. The summed E-state index contributed by atoms with van der Waals surface area (Å²) in [5.41, 5.74) is 2.62. The Labute approximate surface area is 120 Å². The molecule has 0 aromatic heterocycles. The van der Waals surface area contributed by atoms with Crippen LogP contribution < -0.4 is 0 Å². The number of halogens is 2. The van der Waals surface area contributed by atoms with Crippen LogP contribution in [0.1, 0.15) is 21.5 Å². The minimum Gasteiger partial charge on any atom is -0.294 e. The fourth-order valence-electron chi connectivity index (χ4n) is 1.68. The van der Waals surface area contributed by atoms with E-state index in [1.54, 1.807) is 6.07 Å². The Morgan fingerprint density at radius 2 is 1.94 bits per heavy atom. The molecule has 0 atom stereocenters. The van der Waals surface area contributed by atoms with Gasteiger partial charge in [0.25, 0.3) is 0 Å². The molecule has 0 unspecified atom stereocenters. The van der Waals surface area contributed by atoms with Gasteiger partial charge in [0.1, 0.15) is 0 Å². The lowest BCUT2D eigenvalue weighted by Crippen LogP contribution is -2.04. The molecule has 0 bridgehead atoms. The number of carbonyl (C=O) groups excluding carboxylic acids is 1. The van der Waals surface area contributed by atoms with Crippen molar-refractivity contribution in [2.75, 3.05) is 0 Å². The molecule has 92 valence electrons. The standard InChI is InChI=1S/C15H12BrClO/c1-10-6-7-12(8-14(10)17)15(18)9-11-4-2-3-5-13(11)16/h2-8H,9H2,1H3. The molecule has 0 fully saturated rings. The average molecular weight is 324 g/mol. The molecule has 2 rings (SSSR count). The van der Waals surface area contributed by atoms with Crippen LogP contribution >= 0.6 is 27.5 Å². The van der Waals surface area contributed by atoms with Crippen LogP contribution in [0.25, 0.3) is 0 Å². The van der Waals surface area contributed by atoms with Gasteiger partial charge in [-0.2, -0.15) is 0 Å². The lowest BCUT2D eigenvalue weighted by molar-refractivity contribution is 0.0993. The zero-order chi connectivity index (χ0) is 13.1. The second kappa shape index (κ2) is 5.68. The van der Waals surface area contributed by atoms with Gasteiger partial charge in [0.2, 0.25) is 0 Å². The topological polar surface area (TPSA) is 17.1 Å². The third-order valence-corrected chi connectivity index (χ3v) is 3.98. The molecule has 1 nitrogen and oxygen atoms in total. The normalized spacial score (nSPS) is 10.4. The molecule has 3 heteroatoms. The number of benzene rings is 2. The van der Waals surface area contributed by atoms with E-state index in [1.807, 2.05) is 43.3 Å². The van der Waals surface area contributed by atoms with Gasteiger partial charge in [0.05, 0.1) is 0 Å². The second-order valence-electron chi connectivity index (χ2n) is 4.16. The van der Waals surface area contributed by atoms with E-state index in [9.17, 15) is 4.79 Å². The van der Waals surface area contributed by atoms with Crippen LogP contribution in [0.5, 0.6) is 0 Å². The molecule has 0 amide bonds. The molecule has 0 aliphatic rings. The van der Waals surface area contributed by atoms with Crippen LogP contribution in [0.3, 0.4) is 0 Å². The van der Waals surface area contributed by atoms with Crippen molar-refractivity contribution >= 4 is 33.3 Å². The Morgan fingerprint density at radius 1 is 1.22 bits per heavy atom. The van der Waals surface area contributed by atoms with Crippen LogP contribution in [0.15, 0.2) is 46.9 Å². The van der Waals surface area contributed by atoms with E-state index >= 15 is 0 Å². The first-order valence-corrected chi connectivity index (χ1v) is 6.78. The van der Waals surface area contributed by atoms with Crippen LogP contribution in [0.4, 0.5) is 0 Å². The first-order valence-electron chi connectivity index (χ1n) is 5.60. The van der Waals surface area contributed by atoms with E-state index in [1.165, 1.54) is 0 Å². The van der Waals surface area contributed by atoms with Crippen molar-refractivity contribution in [1.29, 1.82) is 0 Å². The van der Waals surface area contributed by atoms with Gasteiger partial charge in [-0.1, -0.05) is 57.9 Å². The van der Waals surface area contributed by atoms with Crippen molar-refractivity contribution in [2.45, 2.75) is 13.3 Å². The van der Waals surface area contributed by atoms with Gasteiger partial charge in [0.15, 0.2) is 5.78 Å². The van der Waals surface area contributed by atoms with Gasteiger partial charge in [-0.15, -0.1) is 0 Å². The Balaban J connectivity index is 2.22. The van der Waals surface area contributed by atoms with Crippen molar-refractivity contribution < 1.29 is 4.79 Å². The lowest BCUT2D eigenvalue weighted by atomic mass is 10.0. The SMILES string of the molecule is Cc1ccc(C(=O)Cc2ccccc2Br)cc1Cl.